The molecule has 1 fully saturated rings. The summed E-state index contributed by atoms with van der Waals surface area (Å²) in [6, 6.07) is 16.9. The van der Waals surface area contributed by atoms with Crippen molar-refractivity contribution >= 4 is 11.8 Å². The van der Waals surface area contributed by atoms with E-state index in [1.54, 1.807) is 12.1 Å². The maximum absolute atomic E-state index is 12.7. The van der Waals surface area contributed by atoms with Gasteiger partial charge in [0.05, 0.1) is 12.5 Å². The number of benzene rings is 2. The van der Waals surface area contributed by atoms with Gasteiger partial charge in [-0.2, -0.15) is 0 Å². The first-order chi connectivity index (χ1) is 13.1. The molecule has 2 atom stereocenters. The Balaban J connectivity index is 1.68. The van der Waals surface area contributed by atoms with Gasteiger partial charge in [0, 0.05) is 18.2 Å². The molecule has 1 saturated heterocycles. The average molecular weight is 365 g/mol. The van der Waals surface area contributed by atoms with Crippen molar-refractivity contribution < 1.29 is 9.59 Å². The second-order valence-electron chi connectivity index (χ2n) is 7.12. The highest BCUT2D eigenvalue weighted by Crippen LogP contribution is 2.18. The summed E-state index contributed by atoms with van der Waals surface area (Å²) >= 11 is 0. The summed E-state index contributed by atoms with van der Waals surface area (Å²) in [6.07, 6.45) is 2.28. The molecule has 3 rings (SSSR count). The summed E-state index contributed by atoms with van der Waals surface area (Å²) in [5, 5.41) is 9.41. The van der Waals surface area contributed by atoms with Crippen LogP contribution in [0.5, 0.6) is 0 Å². The first-order valence-electron chi connectivity index (χ1n) is 9.54. The molecule has 2 amide bonds. The van der Waals surface area contributed by atoms with Crippen molar-refractivity contribution in [3.05, 3.63) is 71.3 Å². The maximum atomic E-state index is 12.7. The molecule has 0 aromatic heterocycles. The number of aryl methyl sites for hydroxylation is 1. The van der Waals surface area contributed by atoms with Crippen molar-refractivity contribution in [2.75, 3.05) is 13.1 Å². The zero-order valence-corrected chi connectivity index (χ0v) is 15.7. The predicted molar refractivity (Wildman–Crippen MR) is 106 cm³/mol. The molecule has 0 radical (unpaired) electrons. The summed E-state index contributed by atoms with van der Waals surface area (Å²) in [5.41, 5.74) is 2.62. The highest BCUT2D eigenvalue weighted by molar-refractivity contribution is 5.94. The predicted octanol–water partition coefficient (Wildman–Crippen LogP) is 2.72. The van der Waals surface area contributed by atoms with Gasteiger partial charge >= 0.3 is 0 Å². The van der Waals surface area contributed by atoms with Gasteiger partial charge in [0.25, 0.3) is 5.91 Å². The van der Waals surface area contributed by atoms with E-state index in [2.05, 4.69) is 16.0 Å². The molecular formula is C22H27N3O2. The van der Waals surface area contributed by atoms with Gasteiger partial charge in [-0.05, 0) is 44.0 Å². The molecule has 2 aromatic rings. The molecule has 0 bridgehead atoms. The van der Waals surface area contributed by atoms with Crippen molar-refractivity contribution in [1.29, 1.82) is 0 Å². The molecule has 142 valence electrons. The Morgan fingerprint density at radius 1 is 1.11 bits per heavy atom. The van der Waals surface area contributed by atoms with Gasteiger partial charge in [0.15, 0.2) is 0 Å². The summed E-state index contributed by atoms with van der Waals surface area (Å²) in [5.74, 6) is -0.210. The molecule has 3 N–H and O–H groups in total. The van der Waals surface area contributed by atoms with Crippen molar-refractivity contribution in [3.63, 3.8) is 0 Å². The molecule has 0 saturated carbocycles. The fraction of sp³-hybridized carbons (Fsp3) is 0.364. The molecule has 0 spiro atoms. The van der Waals surface area contributed by atoms with Gasteiger partial charge < -0.3 is 16.0 Å². The maximum Gasteiger partial charge on any atom is 0.251 e. The van der Waals surface area contributed by atoms with E-state index in [4.69, 9.17) is 0 Å². The summed E-state index contributed by atoms with van der Waals surface area (Å²) < 4.78 is 0. The summed E-state index contributed by atoms with van der Waals surface area (Å²) in [4.78, 5) is 25.2. The van der Waals surface area contributed by atoms with Crippen LogP contribution >= 0.6 is 0 Å². The number of amides is 2. The van der Waals surface area contributed by atoms with Crippen molar-refractivity contribution in [3.8, 4) is 0 Å². The van der Waals surface area contributed by atoms with Crippen LogP contribution in [0, 0.1) is 6.92 Å². The fourth-order valence-corrected chi connectivity index (χ4v) is 3.33. The molecular weight excluding hydrogens is 338 g/mol. The first-order valence-corrected chi connectivity index (χ1v) is 9.54. The Bertz CT molecular complexity index is 753. The average Bonchev–Trinajstić information content (AvgIpc) is 2.69. The lowest BCUT2D eigenvalue weighted by atomic mass is 10.0. The van der Waals surface area contributed by atoms with Crippen LogP contribution in [0.15, 0.2) is 54.6 Å². The molecule has 27 heavy (non-hydrogen) atoms. The Morgan fingerprint density at radius 3 is 2.52 bits per heavy atom. The van der Waals surface area contributed by atoms with E-state index < -0.39 is 0 Å². The number of carbonyl (C=O) groups excluding carboxylic acids is 2. The lowest BCUT2D eigenvalue weighted by Gasteiger charge is -2.25. The van der Waals surface area contributed by atoms with Gasteiger partial charge in [-0.15, -0.1) is 0 Å². The minimum atomic E-state index is -0.364. The Kier molecular flexibility index (Phi) is 6.60. The van der Waals surface area contributed by atoms with Crippen LogP contribution in [0.25, 0.3) is 0 Å². The molecule has 5 heteroatoms. The third-order valence-electron chi connectivity index (χ3n) is 4.87. The molecule has 2 unspecified atom stereocenters. The van der Waals surface area contributed by atoms with Gasteiger partial charge in [0.2, 0.25) is 5.91 Å². The number of rotatable bonds is 6. The lowest BCUT2D eigenvalue weighted by molar-refractivity contribution is -0.122. The second kappa shape index (κ2) is 9.33. The van der Waals surface area contributed by atoms with E-state index in [1.165, 1.54) is 0 Å². The topological polar surface area (TPSA) is 70.2 Å². The summed E-state index contributed by atoms with van der Waals surface area (Å²) in [6.45, 7) is 3.79. The first kappa shape index (κ1) is 19.1. The van der Waals surface area contributed by atoms with Crippen molar-refractivity contribution in [2.24, 2.45) is 0 Å². The third-order valence-corrected chi connectivity index (χ3v) is 4.87. The van der Waals surface area contributed by atoms with E-state index in [0.29, 0.717) is 5.56 Å². The van der Waals surface area contributed by atoms with E-state index in [0.717, 1.165) is 37.1 Å². The highest BCUT2D eigenvalue weighted by atomic mass is 16.2. The Hall–Kier alpha value is -2.66. The highest BCUT2D eigenvalue weighted by Gasteiger charge is 2.21. The number of nitrogens with one attached hydrogen (secondary N) is 3. The van der Waals surface area contributed by atoms with Gasteiger partial charge in [-0.1, -0.05) is 48.0 Å². The van der Waals surface area contributed by atoms with Crippen molar-refractivity contribution in [2.45, 2.75) is 38.3 Å². The van der Waals surface area contributed by atoms with E-state index >= 15 is 0 Å². The van der Waals surface area contributed by atoms with Gasteiger partial charge in [-0.3, -0.25) is 9.59 Å². The monoisotopic (exact) mass is 365 g/mol. The Morgan fingerprint density at radius 2 is 1.85 bits per heavy atom. The van der Waals surface area contributed by atoms with Crippen LogP contribution in [0.3, 0.4) is 0 Å². The zero-order chi connectivity index (χ0) is 19.1. The molecule has 1 aliphatic rings. The number of piperidine rings is 1. The normalized spacial score (nSPS) is 17.7. The van der Waals surface area contributed by atoms with Crippen molar-refractivity contribution in [1.82, 2.24) is 16.0 Å². The molecule has 1 aliphatic heterocycles. The molecule has 0 aliphatic carbocycles. The zero-order valence-electron chi connectivity index (χ0n) is 15.7. The van der Waals surface area contributed by atoms with Crippen LogP contribution in [0.1, 0.15) is 46.8 Å². The van der Waals surface area contributed by atoms with Crippen LogP contribution in [0.2, 0.25) is 0 Å². The molecule has 1 heterocycles. The molecule has 5 nitrogen and oxygen atoms in total. The van der Waals surface area contributed by atoms with Crippen LogP contribution in [0.4, 0.5) is 0 Å². The quantitative estimate of drug-likeness (QED) is 0.737. The van der Waals surface area contributed by atoms with E-state index in [9.17, 15) is 9.59 Å². The van der Waals surface area contributed by atoms with Crippen LogP contribution < -0.4 is 16.0 Å². The van der Waals surface area contributed by atoms with E-state index in [-0.39, 0.29) is 30.3 Å². The molecule has 2 aromatic carbocycles. The largest absolute Gasteiger partial charge is 0.352 e. The summed E-state index contributed by atoms with van der Waals surface area (Å²) in [7, 11) is 0. The fourth-order valence-electron chi connectivity index (χ4n) is 3.33. The van der Waals surface area contributed by atoms with Gasteiger partial charge in [0.1, 0.15) is 0 Å². The minimum absolute atomic E-state index is 0.0400. The van der Waals surface area contributed by atoms with Gasteiger partial charge in [-0.25, -0.2) is 0 Å². The van der Waals surface area contributed by atoms with Crippen LogP contribution in [-0.4, -0.2) is 30.9 Å². The van der Waals surface area contributed by atoms with Crippen LogP contribution in [-0.2, 0) is 4.79 Å². The minimum Gasteiger partial charge on any atom is -0.352 e. The second-order valence-corrected chi connectivity index (χ2v) is 7.12. The lowest BCUT2D eigenvalue weighted by Crippen LogP contribution is -2.46. The SMILES string of the molecule is Cc1ccc(C(=O)NC(CC(=O)NC2CCCNC2)c2ccccc2)cc1. The Labute approximate surface area is 160 Å². The number of hydrogen-bond donors (Lipinski definition) is 3. The number of carbonyl (C=O) groups is 2. The standard InChI is InChI=1S/C22H27N3O2/c1-16-9-11-18(12-10-16)22(27)25-20(17-6-3-2-4-7-17)14-21(26)24-19-8-5-13-23-15-19/h2-4,6-7,9-12,19-20,23H,5,8,13-15H2,1H3,(H,24,26)(H,25,27). The number of hydrogen-bond acceptors (Lipinski definition) is 3. The third kappa shape index (κ3) is 5.66. The smallest absolute Gasteiger partial charge is 0.251 e. The van der Waals surface area contributed by atoms with E-state index in [1.807, 2.05) is 49.4 Å².